The number of hydrogen-bond acceptors (Lipinski definition) is 2. The molecule has 5 heteroatoms. The number of thiophene rings is 2. The van der Waals surface area contributed by atoms with Gasteiger partial charge in [-0.3, -0.25) is 0 Å². The molecule has 83 heavy (non-hydrogen) atoms. The molecule has 5 heterocycles. The molecule has 5 aromatic heterocycles. The summed E-state index contributed by atoms with van der Waals surface area (Å²) in [5.41, 5.74) is 20.2. The Hall–Kier alpha value is -10.3. The van der Waals surface area contributed by atoms with Crippen LogP contribution in [0.3, 0.4) is 0 Å². The molecule has 0 aliphatic carbocycles. The van der Waals surface area contributed by atoms with E-state index < -0.39 is 0 Å². The second-order valence-electron chi connectivity index (χ2n) is 22.0. The Labute approximate surface area is 485 Å². The Morgan fingerprint density at radius 1 is 0.169 bits per heavy atom. The minimum absolute atomic E-state index is 1.13. The Morgan fingerprint density at radius 2 is 0.530 bits per heavy atom. The van der Waals surface area contributed by atoms with Crippen LogP contribution in [0, 0.1) is 0 Å². The molecule has 0 N–H and O–H groups in total. The van der Waals surface area contributed by atoms with Crippen LogP contribution in [0.2, 0.25) is 0 Å². The largest absolute Gasteiger partial charge is 0.309 e. The zero-order valence-corrected chi connectivity index (χ0v) is 46.4. The fraction of sp³-hybridized carbons (Fsp3) is 0. The van der Waals surface area contributed by atoms with Crippen molar-refractivity contribution in [2.24, 2.45) is 0 Å². The fourth-order valence-electron chi connectivity index (χ4n) is 13.5. The van der Waals surface area contributed by atoms with Crippen LogP contribution in [-0.2, 0) is 0 Å². The highest BCUT2D eigenvalue weighted by Gasteiger charge is 2.22. The summed E-state index contributed by atoms with van der Waals surface area (Å²) in [4.78, 5) is 0. The Bertz CT molecular complexity index is 5610. The maximum atomic E-state index is 2.51. The van der Waals surface area contributed by atoms with Crippen LogP contribution in [0.5, 0.6) is 0 Å². The second kappa shape index (κ2) is 18.1. The lowest BCUT2D eigenvalue weighted by Gasteiger charge is -2.14. The summed E-state index contributed by atoms with van der Waals surface area (Å²) in [7, 11) is 0. The van der Waals surface area contributed by atoms with Crippen molar-refractivity contribution >= 4 is 128 Å². The quantitative estimate of drug-likeness (QED) is 0.151. The zero-order valence-electron chi connectivity index (χ0n) is 44.8. The van der Waals surface area contributed by atoms with Gasteiger partial charge in [-0.25, -0.2) is 0 Å². The van der Waals surface area contributed by atoms with Crippen LogP contribution in [0.1, 0.15) is 0 Å². The van der Waals surface area contributed by atoms with Gasteiger partial charge in [0.25, 0.3) is 0 Å². The molecule has 18 rings (SSSR count). The van der Waals surface area contributed by atoms with Gasteiger partial charge in [0.15, 0.2) is 0 Å². The van der Waals surface area contributed by atoms with E-state index >= 15 is 0 Å². The number of nitrogens with zero attached hydrogens (tertiary/aromatic N) is 3. The van der Waals surface area contributed by atoms with Crippen molar-refractivity contribution in [1.82, 2.24) is 13.7 Å². The summed E-state index contributed by atoms with van der Waals surface area (Å²) in [5.74, 6) is 0. The maximum Gasteiger partial charge on any atom is 0.0548 e. The van der Waals surface area contributed by atoms with Gasteiger partial charge in [-0.2, -0.15) is 0 Å². The van der Waals surface area contributed by atoms with Crippen LogP contribution < -0.4 is 0 Å². The van der Waals surface area contributed by atoms with Crippen LogP contribution in [-0.4, -0.2) is 13.7 Å². The van der Waals surface area contributed by atoms with Gasteiger partial charge in [0.1, 0.15) is 0 Å². The predicted octanol–water partition coefficient (Wildman–Crippen LogP) is 22.4. The van der Waals surface area contributed by atoms with E-state index in [0.717, 1.165) is 11.4 Å². The predicted molar refractivity (Wildman–Crippen MR) is 357 cm³/mol. The monoisotopic (exact) mass is 1090 g/mol. The first-order valence-corrected chi connectivity index (χ1v) is 30.0. The molecule has 0 amide bonds. The van der Waals surface area contributed by atoms with E-state index in [1.54, 1.807) is 0 Å². The lowest BCUT2D eigenvalue weighted by atomic mass is 9.98. The number of hydrogen-bond donors (Lipinski definition) is 0. The molecule has 0 radical (unpaired) electrons. The number of aromatic nitrogens is 3. The van der Waals surface area contributed by atoms with Crippen molar-refractivity contribution in [2.75, 3.05) is 0 Å². The fourth-order valence-corrected chi connectivity index (χ4v) is 15.7. The van der Waals surface area contributed by atoms with Crippen molar-refractivity contribution in [3.05, 3.63) is 285 Å². The van der Waals surface area contributed by atoms with E-state index in [2.05, 4.69) is 299 Å². The molecule has 0 saturated carbocycles. The molecule has 0 spiro atoms. The van der Waals surface area contributed by atoms with E-state index in [4.69, 9.17) is 0 Å². The standard InChI is InChI=1S/C78H47N3S2/c1-5-17-48(18-6-1)54-37-55(49-19-7-2-8-20-49)39-58(38-54)81-71-34-30-50(40-61(71)64-45-72-63(44-73(64)81)59-25-13-15-27-69(59)79(72)56-21-9-3-10-22-56)52-31-35-76-66(42-52)67-43-53(32-36-77(67)82-76)51-29-33-70-62(41-51)65-47-78-68(60-26-14-16-28-75(60)83-78)46-74(65)80(70)57-23-11-4-12-24-57/h1-47H. The van der Waals surface area contributed by atoms with E-state index in [1.807, 2.05) is 22.7 Å². The highest BCUT2D eigenvalue weighted by Crippen LogP contribution is 2.46. The molecule has 3 nitrogen and oxygen atoms in total. The van der Waals surface area contributed by atoms with Crippen molar-refractivity contribution < 1.29 is 0 Å². The molecule has 386 valence electrons. The zero-order chi connectivity index (χ0) is 54.3. The molecule has 0 unspecified atom stereocenters. The van der Waals surface area contributed by atoms with Crippen molar-refractivity contribution in [1.29, 1.82) is 0 Å². The average molecular weight is 1090 g/mol. The van der Waals surface area contributed by atoms with Crippen molar-refractivity contribution in [2.45, 2.75) is 0 Å². The van der Waals surface area contributed by atoms with Crippen LogP contribution >= 0.6 is 22.7 Å². The highest BCUT2D eigenvalue weighted by atomic mass is 32.1. The lowest BCUT2D eigenvalue weighted by Crippen LogP contribution is -1.96. The summed E-state index contributed by atoms with van der Waals surface area (Å²) >= 11 is 3.76. The van der Waals surface area contributed by atoms with E-state index in [-0.39, 0.29) is 0 Å². The number of fused-ring (bicyclic) bond motifs is 15. The first kappa shape index (κ1) is 46.5. The van der Waals surface area contributed by atoms with Gasteiger partial charge in [-0.1, -0.05) is 158 Å². The van der Waals surface area contributed by atoms with E-state index in [0.29, 0.717) is 0 Å². The molecular weight excluding hydrogens is 1040 g/mol. The second-order valence-corrected chi connectivity index (χ2v) is 24.2. The van der Waals surface area contributed by atoms with Gasteiger partial charge in [0.2, 0.25) is 0 Å². The maximum absolute atomic E-state index is 2.51. The third kappa shape index (κ3) is 7.22. The topological polar surface area (TPSA) is 14.8 Å². The summed E-state index contributed by atoms with van der Waals surface area (Å²) < 4.78 is 12.6. The molecule has 0 aliphatic heterocycles. The molecule has 0 atom stereocenters. The highest BCUT2D eigenvalue weighted by molar-refractivity contribution is 7.26. The lowest BCUT2D eigenvalue weighted by molar-refractivity contribution is 1.17. The first-order chi connectivity index (χ1) is 41.1. The van der Waals surface area contributed by atoms with E-state index in [1.165, 1.54) is 156 Å². The van der Waals surface area contributed by atoms with Gasteiger partial charge in [0, 0.05) is 89.7 Å². The molecule has 0 saturated heterocycles. The van der Waals surface area contributed by atoms with Crippen LogP contribution in [0.15, 0.2) is 285 Å². The van der Waals surface area contributed by atoms with Crippen molar-refractivity contribution in [3.63, 3.8) is 0 Å². The van der Waals surface area contributed by atoms with Gasteiger partial charge in [-0.05, 0) is 172 Å². The number of para-hydroxylation sites is 3. The molecule has 0 bridgehead atoms. The summed E-state index contributed by atoms with van der Waals surface area (Å²) in [6.07, 6.45) is 0. The minimum Gasteiger partial charge on any atom is -0.309 e. The molecule has 13 aromatic carbocycles. The normalized spacial score (nSPS) is 12.1. The first-order valence-electron chi connectivity index (χ1n) is 28.4. The van der Waals surface area contributed by atoms with Gasteiger partial charge < -0.3 is 13.7 Å². The third-order valence-electron chi connectivity index (χ3n) is 17.4. The van der Waals surface area contributed by atoms with Crippen molar-refractivity contribution in [3.8, 4) is 61.6 Å². The Morgan fingerprint density at radius 3 is 1.08 bits per heavy atom. The number of benzene rings is 13. The summed E-state index contributed by atoms with van der Waals surface area (Å²) in [5, 5.41) is 12.6. The molecule has 18 aromatic rings. The third-order valence-corrected chi connectivity index (χ3v) is 19.7. The molecule has 0 aliphatic rings. The van der Waals surface area contributed by atoms with Gasteiger partial charge >= 0.3 is 0 Å². The SMILES string of the molecule is c1ccc(-c2cc(-c3ccccc3)cc(-n3c4ccc(-c5ccc6sc7ccc(-c8ccc9c(c8)c8cc%10sc%11ccccc%11c%10cc8n9-c8ccccc8)cc7c6c5)cc4c4cc5c(cc43)c3ccccc3n5-c3ccccc3)c2)cc1. The van der Waals surface area contributed by atoms with Crippen LogP contribution in [0.4, 0.5) is 0 Å². The summed E-state index contributed by atoms with van der Waals surface area (Å²) in [6.45, 7) is 0. The van der Waals surface area contributed by atoms with Gasteiger partial charge in [-0.15, -0.1) is 22.7 Å². The Kier molecular flexibility index (Phi) is 10.1. The average Bonchev–Trinajstić information content (AvgIpc) is 4.20. The minimum atomic E-state index is 1.13. The molecule has 0 fully saturated rings. The van der Waals surface area contributed by atoms with Gasteiger partial charge in [0.05, 0.1) is 33.1 Å². The summed E-state index contributed by atoms with van der Waals surface area (Å²) in [6, 6.07) is 106. The molecular formula is C78H47N3S2. The number of rotatable bonds is 7. The van der Waals surface area contributed by atoms with E-state index in [9.17, 15) is 0 Å². The Balaban J connectivity index is 0.821. The smallest absolute Gasteiger partial charge is 0.0548 e. The van der Waals surface area contributed by atoms with Crippen LogP contribution in [0.25, 0.3) is 167 Å².